The van der Waals surface area contributed by atoms with Crippen molar-refractivity contribution in [3.8, 4) is 11.3 Å². The lowest BCUT2D eigenvalue weighted by Crippen LogP contribution is -2.31. The fourth-order valence-electron chi connectivity index (χ4n) is 3.15. The molecular weight excluding hydrogens is 364 g/mol. The predicted molar refractivity (Wildman–Crippen MR) is 109 cm³/mol. The summed E-state index contributed by atoms with van der Waals surface area (Å²) < 4.78 is 5.39. The number of hydrogen-bond acceptors (Lipinski definition) is 5. The Balaban J connectivity index is 1.71. The van der Waals surface area contributed by atoms with Gasteiger partial charge in [-0.2, -0.15) is 0 Å². The third-order valence-corrected chi connectivity index (χ3v) is 4.57. The molecule has 6 heteroatoms. The van der Waals surface area contributed by atoms with Gasteiger partial charge in [0.25, 0.3) is 5.91 Å². The average Bonchev–Trinajstić information content (AvgIpc) is 3.16. The summed E-state index contributed by atoms with van der Waals surface area (Å²) in [4.78, 5) is 24.1. The number of benzene rings is 1. The Morgan fingerprint density at radius 3 is 2.00 bits per heavy atom. The molecule has 0 aliphatic carbocycles. The summed E-state index contributed by atoms with van der Waals surface area (Å²) in [6.07, 6.45) is 3.44. The van der Waals surface area contributed by atoms with Crippen LogP contribution in [0.3, 0.4) is 0 Å². The Bertz CT molecular complexity index is 1040. The van der Waals surface area contributed by atoms with Gasteiger partial charge in [0.15, 0.2) is 0 Å². The lowest BCUT2D eigenvalue weighted by Gasteiger charge is -2.22. The monoisotopic (exact) mass is 384 g/mol. The maximum atomic E-state index is 13.6. The summed E-state index contributed by atoms with van der Waals surface area (Å²) in [6, 6.07) is 20.9. The van der Waals surface area contributed by atoms with Crippen LogP contribution in [0.2, 0.25) is 0 Å². The molecule has 1 amide bonds. The van der Waals surface area contributed by atoms with Crippen molar-refractivity contribution in [1.29, 1.82) is 0 Å². The number of carbonyl (C=O) groups is 1. The van der Waals surface area contributed by atoms with Gasteiger partial charge in [0.1, 0.15) is 17.0 Å². The smallest absolute Gasteiger partial charge is 0.260 e. The van der Waals surface area contributed by atoms with E-state index < -0.39 is 0 Å². The van der Waals surface area contributed by atoms with Crippen LogP contribution in [0.25, 0.3) is 11.3 Å². The maximum Gasteiger partial charge on any atom is 0.260 e. The first-order chi connectivity index (χ1) is 14.2. The highest BCUT2D eigenvalue weighted by molar-refractivity contribution is 6.00. The summed E-state index contributed by atoms with van der Waals surface area (Å²) >= 11 is 0. The molecule has 0 aliphatic rings. The maximum absolute atomic E-state index is 13.6. The van der Waals surface area contributed by atoms with E-state index in [0.29, 0.717) is 30.1 Å². The number of pyridine rings is 2. The van der Waals surface area contributed by atoms with E-state index in [-0.39, 0.29) is 5.91 Å². The summed E-state index contributed by atoms with van der Waals surface area (Å²) in [6.45, 7) is 2.47. The number of amides is 1. The van der Waals surface area contributed by atoms with Crippen LogP contribution in [-0.2, 0) is 13.1 Å². The zero-order chi connectivity index (χ0) is 20.1. The van der Waals surface area contributed by atoms with Crippen molar-refractivity contribution in [2.75, 3.05) is 0 Å². The molecule has 0 saturated carbocycles. The lowest BCUT2D eigenvalue weighted by molar-refractivity contribution is 0.0724. The Kier molecular flexibility index (Phi) is 5.42. The summed E-state index contributed by atoms with van der Waals surface area (Å²) in [5, 5.41) is 4.15. The van der Waals surface area contributed by atoms with Crippen LogP contribution in [0.1, 0.15) is 27.5 Å². The minimum atomic E-state index is -0.168. The molecule has 0 fully saturated rings. The third kappa shape index (κ3) is 4.21. The fraction of sp³-hybridized carbons (Fsp3) is 0.130. The van der Waals surface area contributed by atoms with Crippen LogP contribution < -0.4 is 0 Å². The van der Waals surface area contributed by atoms with E-state index in [1.54, 1.807) is 24.2 Å². The zero-order valence-electron chi connectivity index (χ0n) is 16.0. The van der Waals surface area contributed by atoms with Crippen LogP contribution in [0.4, 0.5) is 0 Å². The molecule has 0 N–H and O–H groups in total. The van der Waals surface area contributed by atoms with Gasteiger partial charge >= 0.3 is 0 Å². The number of aromatic nitrogens is 3. The van der Waals surface area contributed by atoms with Crippen LogP contribution in [0.5, 0.6) is 0 Å². The SMILES string of the molecule is Cc1onc(-c2ccccc2)c1C(=O)N(Cc1ccccn1)Cc1ccccn1. The number of nitrogens with zero attached hydrogens (tertiary/aromatic N) is 4. The first-order valence-electron chi connectivity index (χ1n) is 9.33. The normalized spacial score (nSPS) is 10.7. The van der Waals surface area contributed by atoms with E-state index in [9.17, 15) is 4.79 Å². The van der Waals surface area contributed by atoms with Gasteiger partial charge in [-0.15, -0.1) is 0 Å². The number of aryl methyl sites for hydroxylation is 1. The van der Waals surface area contributed by atoms with Crippen molar-refractivity contribution in [1.82, 2.24) is 20.0 Å². The molecule has 0 atom stereocenters. The first kappa shape index (κ1) is 18.6. The van der Waals surface area contributed by atoms with Gasteiger partial charge in [0.05, 0.1) is 24.5 Å². The highest BCUT2D eigenvalue weighted by Crippen LogP contribution is 2.27. The van der Waals surface area contributed by atoms with Crippen LogP contribution in [0.15, 0.2) is 83.6 Å². The van der Waals surface area contributed by atoms with E-state index in [0.717, 1.165) is 17.0 Å². The van der Waals surface area contributed by atoms with E-state index >= 15 is 0 Å². The minimum Gasteiger partial charge on any atom is -0.360 e. The Hall–Kier alpha value is -3.80. The molecule has 0 bridgehead atoms. The van der Waals surface area contributed by atoms with E-state index in [1.165, 1.54) is 0 Å². The topological polar surface area (TPSA) is 72.1 Å². The van der Waals surface area contributed by atoms with Gasteiger partial charge in [-0.05, 0) is 31.2 Å². The van der Waals surface area contributed by atoms with E-state index in [4.69, 9.17) is 4.52 Å². The second kappa shape index (κ2) is 8.48. The number of carbonyl (C=O) groups excluding carboxylic acids is 1. The molecule has 6 nitrogen and oxygen atoms in total. The van der Waals surface area contributed by atoms with Crippen molar-refractivity contribution in [2.45, 2.75) is 20.0 Å². The first-order valence-corrected chi connectivity index (χ1v) is 9.33. The molecule has 0 spiro atoms. The second-order valence-electron chi connectivity index (χ2n) is 6.63. The molecule has 1 aromatic carbocycles. The van der Waals surface area contributed by atoms with Gasteiger partial charge in [-0.3, -0.25) is 14.8 Å². The van der Waals surface area contributed by atoms with Gasteiger partial charge in [-0.25, -0.2) is 0 Å². The molecule has 0 unspecified atom stereocenters. The molecule has 144 valence electrons. The minimum absolute atomic E-state index is 0.168. The Morgan fingerprint density at radius 1 is 0.862 bits per heavy atom. The molecule has 0 radical (unpaired) electrons. The lowest BCUT2D eigenvalue weighted by atomic mass is 10.0. The highest BCUT2D eigenvalue weighted by Gasteiger charge is 2.27. The standard InChI is InChI=1S/C23H20N4O2/c1-17-21(22(26-29-17)18-9-3-2-4-10-18)23(28)27(15-19-11-5-7-13-24-19)16-20-12-6-8-14-25-20/h2-14H,15-16H2,1H3. The van der Waals surface area contributed by atoms with Crippen LogP contribution in [-0.4, -0.2) is 25.9 Å². The summed E-state index contributed by atoms with van der Waals surface area (Å²) in [7, 11) is 0. The number of hydrogen-bond donors (Lipinski definition) is 0. The fourth-order valence-corrected chi connectivity index (χ4v) is 3.15. The van der Waals surface area contributed by atoms with Gasteiger partial charge < -0.3 is 9.42 Å². The molecule has 0 saturated heterocycles. The molecule has 3 heterocycles. The average molecular weight is 384 g/mol. The third-order valence-electron chi connectivity index (χ3n) is 4.57. The van der Waals surface area contributed by atoms with E-state index in [1.807, 2.05) is 66.7 Å². The van der Waals surface area contributed by atoms with Crippen molar-refractivity contribution < 1.29 is 9.32 Å². The summed E-state index contributed by atoms with van der Waals surface area (Å²) in [5.41, 5.74) is 3.44. The van der Waals surface area contributed by atoms with Crippen molar-refractivity contribution in [3.05, 3.63) is 102 Å². The van der Waals surface area contributed by atoms with E-state index in [2.05, 4.69) is 15.1 Å². The molecule has 0 aliphatic heterocycles. The molecule has 29 heavy (non-hydrogen) atoms. The zero-order valence-corrected chi connectivity index (χ0v) is 16.0. The van der Waals surface area contributed by atoms with Crippen molar-refractivity contribution in [3.63, 3.8) is 0 Å². The molecule has 4 aromatic rings. The number of rotatable bonds is 6. The molecule has 4 rings (SSSR count). The molecular formula is C23H20N4O2. The van der Waals surface area contributed by atoms with Gasteiger partial charge in [-0.1, -0.05) is 47.6 Å². The Labute approximate surface area is 168 Å². The molecule has 3 aromatic heterocycles. The highest BCUT2D eigenvalue weighted by atomic mass is 16.5. The van der Waals surface area contributed by atoms with Crippen LogP contribution in [0, 0.1) is 6.92 Å². The van der Waals surface area contributed by atoms with Gasteiger partial charge in [0.2, 0.25) is 0 Å². The second-order valence-corrected chi connectivity index (χ2v) is 6.63. The summed E-state index contributed by atoms with van der Waals surface area (Å²) in [5.74, 6) is 0.319. The van der Waals surface area contributed by atoms with Crippen molar-refractivity contribution in [2.24, 2.45) is 0 Å². The predicted octanol–water partition coefficient (Wildman–Crippen LogP) is 4.28. The van der Waals surface area contributed by atoms with Crippen molar-refractivity contribution >= 4 is 5.91 Å². The largest absolute Gasteiger partial charge is 0.360 e. The Morgan fingerprint density at radius 2 is 1.45 bits per heavy atom. The van der Waals surface area contributed by atoms with Crippen LogP contribution >= 0.6 is 0 Å². The quantitative estimate of drug-likeness (QED) is 0.496. The van der Waals surface area contributed by atoms with Gasteiger partial charge in [0, 0.05) is 18.0 Å².